The second kappa shape index (κ2) is 11.3. The molecule has 0 aliphatic heterocycles. The van der Waals surface area contributed by atoms with Crippen LogP contribution in [0.4, 0.5) is 11.4 Å². The predicted molar refractivity (Wildman–Crippen MR) is 130 cm³/mol. The van der Waals surface area contributed by atoms with Crippen LogP contribution in [0.1, 0.15) is 41.0 Å². The lowest BCUT2D eigenvalue weighted by Crippen LogP contribution is -2.19. The Hall–Kier alpha value is -3.32. The summed E-state index contributed by atoms with van der Waals surface area (Å²) in [5, 5.41) is 5.69. The number of carbonyl (C=O) groups excluding carboxylic acids is 2. The van der Waals surface area contributed by atoms with Gasteiger partial charge < -0.3 is 20.1 Å². The molecule has 0 aromatic heterocycles. The van der Waals surface area contributed by atoms with E-state index >= 15 is 0 Å². The number of amides is 2. The van der Waals surface area contributed by atoms with Gasteiger partial charge in [-0.3, -0.25) is 9.59 Å². The molecule has 2 amide bonds. The van der Waals surface area contributed by atoms with Crippen molar-refractivity contribution in [2.45, 2.75) is 20.3 Å². The fraction of sp³-hybridized carbons (Fsp3) is 0.200. The van der Waals surface area contributed by atoms with Gasteiger partial charge in [0.1, 0.15) is 11.5 Å². The Morgan fingerprint density at radius 2 is 1.56 bits per heavy atom. The molecule has 0 bridgehead atoms. The number of hydrogen-bond acceptors (Lipinski definition) is 4. The minimum Gasteiger partial charge on any atom is -0.494 e. The summed E-state index contributed by atoms with van der Waals surface area (Å²) in [5.41, 5.74) is 1.76. The molecular weight excluding hydrogens is 472 g/mol. The van der Waals surface area contributed by atoms with Crippen LogP contribution >= 0.6 is 15.9 Å². The Morgan fingerprint density at radius 1 is 0.844 bits per heavy atom. The maximum absolute atomic E-state index is 13.0. The van der Waals surface area contributed by atoms with Crippen molar-refractivity contribution < 1.29 is 19.1 Å². The molecular formula is C25H25BrN2O4. The summed E-state index contributed by atoms with van der Waals surface area (Å²) in [4.78, 5) is 25.9. The first-order chi connectivity index (χ1) is 15.5. The van der Waals surface area contributed by atoms with E-state index in [9.17, 15) is 9.59 Å². The lowest BCUT2D eigenvalue weighted by atomic mass is 10.1. The molecule has 6 nitrogen and oxygen atoms in total. The quantitative estimate of drug-likeness (QED) is 0.372. The fourth-order valence-corrected chi connectivity index (χ4v) is 3.36. The summed E-state index contributed by atoms with van der Waals surface area (Å²) in [6, 6.07) is 19.2. The molecule has 166 valence electrons. The van der Waals surface area contributed by atoms with Crippen molar-refractivity contribution in [1.82, 2.24) is 0 Å². The minimum atomic E-state index is -0.362. The molecule has 0 aliphatic rings. The Balaban J connectivity index is 1.79. The monoisotopic (exact) mass is 496 g/mol. The molecule has 2 N–H and O–H groups in total. The molecule has 0 fully saturated rings. The highest BCUT2D eigenvalue weighted by Crippen LogP contribution is 2.26. The number of rotatable bonds is 9. The Bertz CT molecular complexity index is 1080. The van der Waals surface area contributed by atoms with Crippen molar-refractivity contribution >= 4 is 39.1 Å². The molecule has 0 heterocycles. The number of halogens is 1. The van der Waals surface area contributed by atoms with Gasteiger partial charge in [0.25, 0.3) is 11.8 Å². The van der Waals surface area contributed by atoms with Crippen molar-refractivity contribution in [3.8, 4) is 11.5 Å². The van der Waals surface area contributed by atoms with Crippen LogP contribution in [0.15, 0.2) is 71.2 Å². The van der Waals surface area contributed by atoms with E-state index in [1.165, 1.54) is 0 Å². The summed E-state index contributed by atoms with van der Waals surface area (Å²) in [6.45, 7) is 4.98. The van der Waals surface area contributed by atoms with Crippen molar-refractivity contribution in [1.29, 1.82) is 0 Å². The van der Waals surface area contributed by atoms with Crippen LogP contribution in [-0.2, 0) is 0 Å². The maximum atomic E-state index is 13.0. The Morgan fingerprint density at radius 3 is 2.28 bits per heavy atom. The second-order valence-corrected chi connectivity index (χ2v) is 7.82. The summed E-state index contributed by atoms with van der Waals surface area (Å²) < 4.78 is 11.9. The molecule has 0 saturated heterocycles. The normalized spacial score (nSPS) is 10.3. The van der Waals surface area contributed by atoms with Gasteiger partial charge in [-0.25, -0.2) is 0 Å². The molecule has 0 aliphatic carbocycles. The van der Waals surface area contributed by atoms with Crippen LogP contribution < -0.4 is 20.1 Å². The maximum Gasteiger partial charge on any atom is 0.259 e. The number of hydrogen-bond donors (Lipinski definition) is 2. The molecule has 0 spiro atoms. The third-order valence-electron chi connectivity index (χ3n) is 4.49. The van der Waals surface area contributed by atoms with Crippen LogP contribution in [0.5, 0.6) is 11.5 Å². The van der Waals surface area contributed by atoms with Gasteiger partial charge in [0.15, 0.2) is 0 Å². The highest BCUT2D eigenvalue weighted by atomic mass is 79.9. The average Bonchev–Trinajstić information content (AvgIpc) is 2.80. The van der Waals surface area contributed by atoms with Gasteiger partial charge in [-0.1, -0.05) is 35.0 Å². The lowest BCUT2D eigenvalue weighted by molar-refractivity contribution is 0.102. The molecule has 3 rings (SSSR count). The zero-order chi connectivity index (χ0) is 22.9. The third-order valence-corrected chi connectivity index (χ3v) is 4.98. The van der Waals surface area contributed by atoms with Crippen LogP contribution in [0.25, 0.3) is 0 Å². The minimum absolute atomic E-state index is 0.332. The molecule has 3 aromatic rings. The first-order valence-electron chi connectivity index (χ1n) is 10.4. The largest absolute Gasteiger partial charge is 0.494 e. The van der Waals surface area contributed by atoms with Gasteiger partial charge >= 0.3 is 0 Å². The van der Waals surface area contributed by atoms with Crippen molar-refractivity contribution in [2.24, 2.45) is 0 Å². The van der Waals surface area contributed by atoms with Crippen molar-refractivity contribution in [3.05, 3.63) is 82.3 Å². The highest BCUT2D eigenvalue weighted by Gasteiger charge is 2.17. The van der Waals surface area contributed by atoms with E-state index in [4.69, 9.17) is 9.47 Å². The molecule has 3 aromatic carbocycles. The number of para-hydroxylation sites is 1. The van der Waals surface area contributed by atoms with E-state index in [-0.39, 0.29) is 11.8 Å². The van der Waals surface area contributed by atoms with Crippen LogP contribution in [0, 0.1) is 0 Å². The fourth-order valence-electron chi connectivity index (χ4n) is 3.00. The predicted octanol–water partition coefficient (Wildman–Crippen LogP) is 6.14. The zero-order valence-corrected chi connectivity index (χ0v) is 19.6. The standard InChI is InChI=1S/C25H25BrN2O4/c1-3-15-32-23-14-9-17(26)16-21(23)25(30)28-22-8-6-5-7-20(22)24(29)27-18-10-12-19(13-11-18)31-4-2/h5-14,16H,3-4,15H2,1-2H3,(H,27,29)(H,28,30). The van der Waals surface area contributed by atoms with E-state index in [0.29, 0.717) is 41.5 Å². The van der Waals surface area contributed by atoms with E-state index in [1.54, 1.807) is 60.7 Å². The topological polar surface area (TPSA) is 76.7 Å². The highest BCUT2D eigenvalue weighted by molar-refractivity contribution is 9.10. The molecule has 0 atom stereocenters. The van der Waals surface area contributed by atoms with E-state index in [2.05, 4.69) is 26.6 Å². The smallest absolute Gasteiger partial charge is 0.259 e. The number of ether oxygens (including phenoxy) is 2. The average molecular weight is 497 g/mol. The summed E-state index contributed by atoms with van der Waals surface area (Å²) in [6.07, 6.45) is 0.825. The van der Waals surface area contributed by atoms with Crippen LogP contribution in [0.2, 0.25) is 0 Å². The van der Waals surface area contributed by atoms with Gasteiger partial charge in [-0.15, -0.1) is 0 Å². The first-order valence-corrected chi connectivity index (χ1v) is 11.2. The molecule has 0 saturated carbocycles. The van der Waals surface area contributed by atoms with Gasteiger partial charge in [-0.2, -0.15) is 0 Å². The lowest BCUT2D eigenvalue weighted by Gasteiger charge is -2.14. The molecule has 0 radical (unpaired) electrons. The van der Waals surface area contributed by atoms with Crippen molar-refractivity contribution in [3.63, 3.8) is 0 Å². The van der Waals surface area contributed by atoms with Crippen LogP contribution in [-0.4, -0.2) is 25.0 Å². The van der Waals surface area contributed by atoms with Gasteiger partial charge in [0.05, 0.1) is 30.0 Å². The summed E-state index contributed by atoms with van der Waals surface area (Å²) in [5.74, 6) is 0.526. The Kier molecular flexibility index (Phi) is 8.27. The van der Waals surface area contributed by atoms with E-state index in [0.717, 1.165) is 16.6 Å². The van der Waals surface area contributed by atoms with Crippen molar-refractivity contribution in [2.75, 3.05) is 23.8 Å². The summed E-state index contributed by atoms with van der Waals surface area (Å²) >= 11 is 3.40. The van der Waals surface area contributed by atoms with E-state index < -0.39 is 0 Å². The van der Waals surface area contributed by atoms with Gasteiger partial charge in [0.2, 0.25) is 0 Å². The number of anilines is 2. The van der Waals surface area contributed by atoms with E-state index in [1.807, 2.05) is 19.9 Å². The zero-order valence-electron chi connectivity index (χ0n) is 18.0. The molecule has 32 heavy (non-hydrogen) atoms. The van der Waals surface area contributed by atoms with Gasteiger partial charge in [0, 0.05) is 10.2 Å². The molecule has 7 heteroatoms. The SMILES string of the molecule is CCCOc1ccc(Br)cc1C(=O)Nc1ccccc1C(=O)Nc1ccc(OCC)cc1. The summed E-state index contributed by atoms with van der Waals surface area (Å²) in [7, 11) is 0. The van der Waals surface area contributed by atoms with Crippen LogP contribution in [0.3, 0.4) is 0 Å². The number of carbonyl (C=O) groups is 2. The van der Waals surface area contributed by atoms with Gasteiger partial charge in [-0.05, 0) is 67.9 Å². The second-order valence-electron chi connectivity index (χ2n) is 6.90. The number of nitrogens with one attached hydrogen (secondary N) is 2. The first kappa shape index (κ1) is 23.3. The molecule has 0 unspecified atom stereocenters. The Labute approximate surface area is 196 Å². The number of benzene rings is 3. The third kappa shape index (κ3) is 6.11.